The summed E-state index contributed by atoms with van der Waals surface area (Å²) in [5.41, 5.74) is 2.64. The molecule has 92 valence electrons. The average molecular weight is 232 g/mol. The van der Waals surface area contributed by atoms with Crippen molar-refractivity contribution in [2.75, 3.05) is 7.11 Å². The molecule has 1 aliphatic carbocycles. The van der Waals surface area contributed by atoms with E-state index < -0.39 is 0 Å². The molecule has 1 atom stereocenters. The summed E-state index contributed by atoms with van der Waals surface area (Å²) < 4.78 is 4.79. The molecule has 1 aliphatic rings. The molecule has 1 unspecified atom stereocenters. The van der Waals surface area contributed by atoms with Crippen LogP contribution in [0.15, 0.2) is 24.3 Å². The van der Waals surface area contributed by atoms with Gasteiger partial charge in [-0.05, 0) is 42.2 Å². The molecule has 0 amide bonds. The fourth-order valence-electron chi connectivity index (χ4n) is 2.32. The first-order chi connectivity index (χ1) is 8.24. The number of methoxy groups -OCH3 is 1. The summed E-state index contributed by atoms with van der Waals surface area (Å²) in [4.78, 5) is 11.4. The van der Waals surface area contributed by atoms with E-state index in [2.05, 4.69) is 31.2 Å². The fraction of sp³-hybridized carbons (Fsp3) is 0.533. The Morgan fingerprint density at radius 2 is 2.00 bits per heavy atom. The number of carbonyl (C=O) groups excluding carboxylic acids is 1. The summed E-state index contributed by atoms with van der Waals surface area (Å²) in [5.74, 6) is 0.941. The molecule has 0 saturated heterocycles. The lowest BCUT2D eigenvalue weighted by Gasteiger charge is -2.15. The molecule has 1 saturated carbocycles. The maximum absolute atomic E-state index is 11.4. The van der Waals surface area contributed by atoms with Gasteiger partial charge in [0.2, 0.25) is 0 Å². The first-order valence-electron chi connectivity index (χ1n) is 6.40. The maximum Gasteiger partial charge on any atom is 0.306 e. The van der Waals surface area contributed by atoms with Gasteiger partial charge in [-0.15, -0.1) is 0 Å². The Bertz CT molecular complexity index is 376. The van der Waals surface area contributed by atoms with Crippen LogP contribution in [0.2, 0.25) is 0 Å². The Kier molecular flexibility index (Phi) is 3.82. The summed E-state index contributed by atoms with van der Waals surface area (Å²) >= 11 is 0. The molecule has 0 aliphatic heterocycles. The number of hydrogen-bond acceptors (Lipinski definition) is 2. The third-order valence-electron chi connectivity index (χ3n) is 3.62. The minimum Gasteiger partial charge on any atom is -0.469 e. The Balaban J connectivity index is 2.11. The van der Waals surface area contributed by atoms with Crippen LogP contribution >= 0.6 is 0 Å². The molecule has 1 aromatic carbocycles. The van der Waals surface area contributed by atoms with E-state index in [-0.39, 0.29) is 5.97 Å². The second-order valence-corrected chi connectivity index (χ2v) is 4.82. The highest BCUT2D eigenvalue weighted by Gasteiger charge is 2.33. The lowest BCUT2D eigenvalue weighted by atomic mass is 9.90. The molecule has 2 rings (SSSR count). The summed E-state index contributed by atoms with van der Waals surface area (Å²) in [6.07, 6.45) is 4.08. The maximum atomic E-state index is 11.4. The standard InChI is InChI=1S/C15H20O2/c1-3-11-4-6-12(7-5-11)14(13-8-9-13)10-15(16)17-2/h4-7,13-14H,3,8-10H2,1-2H3. The van der Waals surface area contributed by atoms with Crippen LogP contribution in [0.1, 0.15) is 43.2 Å². The van der Waals surface area contributed by atoms with E-state index in [0.29, 0.717) is 18.3 Å². The molecule has 0 heterocycles. The highest BCUT2D eigenvalue weighted by Crippen LogP contribution is 2.44. The van der Waals surface area contributed by atoms with Crippen LogP contribution < -0.4 is 0 Å². The third kappa shape index (κ3) is 3.09. The Morgan fingerprint density at radius 1 is 1.35 bits per heavy atom. The van der Waals surface area contributed by atoms with Crippen molar-refractivity contribution >= 4 is 5.97 Å². The highest BCUT2D eigenvalue weighted by atomic mass is 16.5. The van der Waals surface area contributed by atoms with Crippen molar-refractivity contribution < 1.29 is 9.53 Å². The number of benzene rings is 1. The average Bonchev–Trinajstić information content (AvgIpc) is 3.20. The van der Waals surface area contributed by atoms with Crippen LogP contribution in [0.25, 0.3) is 0 Å². The summed E-state index contributed by atoms with van der Waals surface area (Å²) in [6.45, 7) is 2.15. The first kappa shape index (κ1) is 12.2. The van der Waals surface area contributed by atoms with Gasteiger partial charge in [0, 0.05) is 0 Å². The van der Waals surface area contributed by atoms with Crippen molar-refractivity contribution in [2.24, 2.45) is 5.92 Å². The quantitative estimate of drug-likeness (QED) is 0.728. The zero-order valence-corrected chi connectivity index (χ0v) is 10.6. The van der Waals surface area contributed by atoms with Gasteiger partial charge in [0.1, 0.15) is 0 Å². The molecule has 0 aromatic heterocycles. The van der Waals surface area contributed by atoms with E-state index in [1.807, 2.05) is 0 Å². The van der Waals surface area contributed by atoms with Crippen LogP contribution in [-0.4, -0.2) is 13.1 Å². The largest absolute Gasteiger partial charge is 0.469 e. The summed E-state index contributed by atoms with van der Waals surface area (Å²) in [5, 5.41) is 0. The summed E-state index contributed by atoms with van der Waals surface area (Å²) in [6, 6.07) is 8.68. The lowest BCUT2D eigenvalue weighted by Crippen LogP contribution is -2.10. The van der Waals surface area contributed by atoms with Crippen molar-refractivity contribution in [3.63, 3.8) is 0 Å². The van der Waals surface area contributed by atoms with E-state index in [1.165, 1.54) is 31.1 Å². The number of aryl methyl sites for hydroxylation is 1. The molecule has 0 spiro atoms. The van der Waals surface area contributed by atoms with Crippen LogP contribution in [0.3, 0.4) is 0 Å². The topological polar surface area (TPSA) is 26.3 Å². The van der Waals surface area contributed by atoms with Crippen molar-refractivity contribution in [3.05, 3.63) is 35.4 Å². The van der Waals surface area contributed by atoms with Gasteiger partial charge in [-0.25, -0.2) is 0 Å². The van der Waals surface area contributed by atoms with Crippen LogP contribution in [-0.2, 0) is 16.0 Å². The molecule has 0 N–H and O–H groups in total. The predicted octanol–water partition coefficient (Wildman–Crippen LogP) is 3.31. The molecular formula is C15H20O2. The molecule has 1 aromatic rings. The fourth-order valence-corrected chi connectivity index (χ4v) is 2.32. The van der Waals surface area contributed by atoms with Gasteiger partial charge in [0.05, 0.1) is 13.5 Å². The molecule has 0 radical (unpaired) electrons. The van der Waals surface area contributed by atoms with Crippen molar-refractivity contribution in [1.29, 1.82) is 0 Å². The van der Waals surface area contributed by atoms with Gasteiger partial charge < -0.3 is 4.74 Å². The van der Waals surface area contributed by atoms with E-state index in [1.54, 1.807) is 0 Å². The molecule has 2 nitrogen and oxygen atoms in total. The van der Waals surface area contributed by atoms with Gasteiger partial charge in [0.15, 0.2) is 0 Å². The minimum absolute atomic E-state index is 0.0959. The number of rotatable bonds is 5. The van der Waals surface area contributed by atoms with Gasteiger partial charge in [-0.2, -0.15) is 0 Å². The van der Waals surface area contributed by atoms with E-state index in [0.717, 1.165) is 6.42 Å². The number of esters is 1. The van der Waals surface area contributed by atoms with Gasteiger partial charge in [-0.3, -0.25) is 4.79 Å². The van der Waals surface area contributed by atoms with Crippen LogP contribution in [0.5, 0.6) is 0 Å². The van der Waals surface area contributed by atoms with Crippen LogP contribution in [0, 0.1) is 5.92 Å². The zero-order valence-electron chi connectivity index (χ0n) is 10.6. The van der Waals surface area contributed by atoms with E-state index >= 15 is 0 Å². The molecule has 0 bridgehead atoms. The summed E-state index contributed by atoms with van der Waals surface area (Å²) in [7, 11) is 1.46. The molecular weight excluding hydrogens is 212 g/mol. The first-order valence-corrected chi connectivity index (χ1v) is 6.40. The molecule has 1 fully saturated rings. The Morgan fingerprint density at radius 3 is 2.47 bits per heavy atom. The van der Waals surface area contributed by atoms with Gasteiger partial charge in [-0.1, -0.05) is 31.2 Å². The predicted molar refractivity (Wildman–Crippen MR) is 67.9 cm³/mol. The van der Waals surface area contributed by atoms with E-state index in [9.17, 15) is 4.79 Å². The van der Waals surface area contributed by atoms with Crippen molar-refractivity contribution in [3.8, 4) is 0 Å². The minimum atomic E-state index is -0.0959. The third-order valence-corrected chi connectivity index (χ3v) is 3.62. The second kappa shape index (κ2) is 5.35. The molecule has 2 heteroatoms. The monoisotopic (exact) mass is 232 g/mol. The Labute approximate surface area is 103 Å². The molecule has 17 heavy (non-hydrogen) atoms. The van der Waals surface area contributed by atoms with Crippen molar-refractivity contribution in [1.82, 2.24) is 0 Å². The number of hydrogen-bond donors (Lipinski definition) is 0. The lowest BCUT2D eigenvalue weighted by molar-refractivity contribution is -0.141. The normalized spacial score (nSPS) is 16.6. The number of carbonyl (C=O) groups is 1. The second-order valence-electron chi connectivity index (χ2n) is 4.82. The van der Waals surface area contributed by atoms with Crippen molar-refractivity contribution in [2.45, 2.75) is 38.5 Å². The van der Waals surface area contributed by atoms with Gasteiger partial charge in [0.25, 0.3) is 0 Å². The zero-order chi connectivity index (χ0) is 12.3. The Hall–Kier alpha value is -1.31. The highest BCUT2D eigenvalue weighted by molar-refractivity contribution is 5.70. The number of ether oxygens (including phenoxy) is 1. The van der Waals surface area contributed by atoms with Crippen LogP contribution in [0.4, 0.5) is 0 Å². The van der Waals surface area contributed by atoms with E-state index in [4.69, 9.17) is 4.74 Å². The smallest absolute Gasteiger partial charge is 0.306 e. The van der Waals surface area contributed by atoms with Gasteiger partial charge >= 0.3 is 5.97 Å². The SMILES string of the molecule is CCc1ccc(C(CC(=O)OC)C2CC2)cc1.